The van der Waals surface area contributed by atoms with E-state index >= 15 is 0 Å². The van der Waals surface area contributed by atoms with E-state index in [2.05, 4.69) is 20.1 Å². The van der Waals surface area contributed by atoms with Crippen LogP contribution in [0, 0.1) is 5.92 Å². The summed E-state index contributed by atoms with van der Waals surface area (Å²) in [6.07, 6.45) is 13.5. The largest absolute Gasteiger partial charge is 0.388 e. The van der Waals surface area contributed by atoms with Crippen molar-refractivity contribution in [3.63, 3.8) is 0 Å². The van der Waals surface area contributed by atoms with Gasteiger partial charge in [-0.1, -0.05) is 24.3 Å². The smallest absolute Gasteiger partial charge is 0.239 e. The number of nitrogens with zero attached hydrogens (tertiary/aromatic N) is 4. The molecule has 7 nitrogen and oxygen atoms in total. The van der Waals surface area contributed by atoms with Gasteiger partial charge in [0.25, 0.3) is 0 Å². The van der Waals surface area contributed by atoms with Crippen LogP contribution in [0.3, 0.4) is 0 Å². The molecule has 1 heterocycles. The average Bonchev–Trinajstić information content (AvgIpc) is 2.54. The minimum Gasteiger partial charge on any atom is -0.388 e. The molecule has 0 aromatic heterocycles. The van der Waals surface area contributed by atoms with Crippen LogP contribution >= 0.6 is 0 Å². The first-order valence-electron chi connectivity index (χ1n) is 7.18. The Labute approximate surface area is 129 Å². The zero-order chi connectivity index (χ0) is 15.6. The number of aliphatic imine (C=N–C) groups is 1. The van der Waals surface area contributed by atoms with E-state index in [4.69, 9.17) is 10.5 Å². The second kappa shape index (κ2) is 8.91. The zero-order valence-corrected chi connectivity index (χ0v) is 12.3. The predicted molar refractivity (Wildman–Crippen MR) is 87.9 cm³/mol. The molecule has 2 aliphatic rings. The number of rotatable bonds is 4. The fourth-order valence-corrected chi connectivity index (χ4v) is 1.95. The molecule has 0 aromatic carbocycles. The van der Waals surface area contributed by atoms with E-state index in [0.29, 0.717) is 0 Å². The molecule has 2 unspecified atom stereocenters. The summed E-state index contributed by atoms with van der Waals surface area (Å²) in [4.78, 5) is 6.10. The van der Waals surface area contributed by atoms with Crippen molar-refractivity contribution in [2.45, 2.75) is 6.10 Å². The summed E-state index contributed by atoms with van der Waals surface area (Å²) < 4.78 is 5.26. The number of aliphatic hydroxyl groups is 1. The highest BCUT2D eigenvalue weighted by Gasteiger charge is 2.12. The van der Waals surface area contributed by atoms with Crippen LogP contribution in [0.1, 0.15) is 0 Å². The first-order valence-corrected chi connectivity index (χ1v) is 7.18. The first-order chi connectivity index (χ1) is 10.8. The van der Waals surface area contributed by atoms with Gasteiger partial charge in [-0.2, -0.15) is 5.10 Å². The second-order valence-electron chi connectivity index (χ2n) is 4.83. The Kier molecular flexibility index (Phi) is 6.53. The molecule has 7 heteroatoms. The number of hydrogen-bond donors (Lipinski definition) is 2. The van der Waals surface area contributed by atoms with Gasteiger partial charge in [-0.15, -0.1) is 5.10 Å². The summed E-state index contributed by atoms with van der Waals surface area (Å²) >= 11 is 0. The van der Waals surface area contributed by atoms with Gasteiger partial charge in [0.05, 0.1) is 19.3 Å². The fourth-order valence-electron chi connectivity index (χ4n) is 1.95. The molecule has 0 bridgehead atoms. The van der Waals surface area contributed by atoms with Gasteiger partial charge in [0.1, 0.15) is 0 Å². The van der Waals surface area contributed by atoms with E-state index in [0.717, 1.165) is 26.3 Å². The molecule has 22 heavy (non-hydrogen) atoms. The lowest BCUT2D eigenvalue weighted by molar-refractivity contribution is 0.0594. The van der Waals surface area contributed by atoms with E-state index in [1.54, 1.807) is 24.4 Å². The van der Waals surface area contributed by atoms with Gasteiger partial charge >= 0.3 is 0 Å². The van der Waals surface area contributed by atoms with Gasteiger partial charge in [0, 0.05) is 37.6 Å². The Bertz CT molecular complexity index is 516. The van der Waals surface area contributed by atoms with Crippen LogP contribution in [0.25, 0.3) is 0 Å². The Balaban J connectivity index is 1.76. The number of guanidine groups is 1. The molecule has 0 saturated carbocycles. The third-order valence-corrected chi connectivity index (χ3v) is 3.18. The molecule has 2 atom stereocenters. The molecule has 1 aliphatic heterocycles. The second-order valence-corrected chi connectivity index (χ2v) is 4.83. The number of allylic oxidation sites excluding steroid dienone is 3. The van der Waals surface area contributed by atoms with Crippen LogP contribution in [0.2, 0.25) is 0 Å². The lowest BCUT2D eigenvalue weighted by Gasteiger charge is -2.24. The highest BCUT2D eigenvalue weighted by Crippen LogP contribution is 2.09. The van der Waals surface area contributed by atoms with Gasteiger partial charge in [-0.3, -0.25) is 0 Å². The molecule has 0 spiro atoms. The van der Waals surface area contributed by atoms with Crippen molar-refractivity contribution in [2.75, 3.05) is 26.3 Å². The summed E-state index contributed by atoms with van der Waals surface area (Å²) in [7, 11) is 0. The molecule has 1 aliphatic carbocycles. The van der Waals surface area contributed by atoms with Crippen LogP contribution in [0.4, 0.5) is 0 Å². The van der Waals surface area contributed by atoms with Gasteiger partial charge in [0.2, 0.25) is 5.96 Å². The molecule has 0 radical (unpaired) electrons. The van der Waals surface area contributed by atoms with Crippen molar-refractivity contribution in [3.8, 4) is 0 Å². The number of aliphatic hydroxyl groups excluding tert-OH is 1. The Morgan fingerprint density at radius 3 is 2.82 bits per heavy atom. The Morgan fingerprint density at radius 1 is 1.27 bits per heavy atom. The predicted octanol–water partition coefficient (Wildman–Crippen LogP) is 0.307. The lowest BCUT2D eigenvalue weighted by atomic mass is 9.99. The van der Waals surface area contributed by atoms with E-state index in [1.807, 2.05) is 18.4 Å². The van der Waals surface area contributed by atoms with Crippen molar-refractivity contribution in [1.29, 1.82) is 0 Å². The molecule has 1 saturated heterocycles. The average molecular weight is 303 g/mol. The molecule has 2 rings (SSSR count). The van der Waals surface area contributed by atoms with E-state index < -0.39 is 6.10 Å². The Hall–Kier alpha value is -2.25. The number of hydrogen-bond acceptors (Lipinski definition) is 5. The molecular formula is C15H21N5O2. The third kappa shape index (κ3) is 5.63. The highest BCUT2D eigenvalue weighted by atomic mass is 16.5. The van der Waals surface area contributed by atoms with Crippen molar-refractivity contribution >= 4 is 18.4 Å². The van der Waals surface area contributed by atoms with Crippen LogP contribution in [0.15, 0.2) is 51.8 Å². The van der Waals surface area contributed by atoms with Crippen molar-refractivity contribution in [3.05, 3.63) is 36.6 Å². The topological polar surface area (TPSA) is 95.8 Å². The molecule has 118 valence electrons. The highest BCUT2D eigenvalue weighted by molar-refractivity contribution is 5.89. The van der Waals surface area contributed by atoms with Crippen LogP contribution in [0.5, 0.6) is 0 Å². The number of ether oxygens (including phenoxy) is 1. The molecule has 0 amide bonds. The number of nitrogens with two attached hydrogens (primary N) is 1. The standard InChI is InChI=1S/C15H21N5O2/c16-15(17-6-3-7-20-8-10-22-11-9-20)19-18-12-13-4-1-2-5-14(13)21/h1-7,12-14,21H,8-11H2,(H2,16,19)/b7-3+,17-6?,18-12+. The van der Waals surface area contributed by atoms with Crippen molar-refractivity contribution < 1.29 is 9.84 Å². The van der Waals surface area contributed by atoms with Gasteiger partial charge in [0.15, 0.2) is 0 Å². The Morgan fingerprint density at radius 2 is 2.05 bits per heavy atom. The van der Waals surface area contributed by atoms with E-state index in [1.165, 1.54) is 6.21 Å². The fraction of sp³-hybridized carbons (Fsp3) is 0.400. The maximum Gasteiger partial charge on any atom is 0.239 e. The van der Waals surface area contributed by atoms with Crippen LogP contribution < -0.4 is 5.73 Å². The van der Waals surface area contributed by atoms with E-state index in [-0.39, 0.29) is 11.9 Å². The maximum absolute atomic E-state index is 9.67. The molecule has 1 fully saturated rings. The van der Waals surface area contributed by atoms with Crippen molar-refractivity contribution in [1.82, 2.24) is 4.90 Å². The lowest BCUT2D eigenvalue weighted by Crippen LogP contribution is -2.32. The van der Waals surface area contributed by atoms with Gasteiger partial charge in [-0.25, -0.2) is 4.99 Å². The van der Waals surface area contributed by atoms with Crippen LogP contribution in [-0.2, 0) is 4.74 Å². The zero-order valence-electron chi connectivity index (χ0n) is 12.3. The quantitative estimate of drug-likeness (QED) is 0.444. The maximum atomic E-state index is 9.67. The first kappa shape index (κ1) is 16.1. The SMILES string of the molecule is NC(N=C/C=C/N1CCOCC1)=N/N=C/C1C=CC=CC1O. The van der Waals surface area contributed by atoms with Crippen molar-refractivity contribution in [2.24, 2.45) is 26.8 Å². The third-order valence-electron chi connectivity index (χ3n) is 3.18. The van der Waals surface area contributed by atoms with E-state index in [9.17, 15) is 5.11 Å². The van der Waals surface area contributed by atoms with Gasteiger partial charge in [-0.05, 0) is 6.08 Å². The summed E-state index contributed by atoms with van der Waals surface area (Å²) in [5, 5.41) is 17.3. The summed E-state index contributed by atoms with van der Waals surface area (Å²) in [6.45, 7) is 3.25. The minimum absolute atomic E-state index is 0.0627. The van der Waals surface area contributed by atoms with Gasteiger partial charge < -0.3 is 20.5 Å². The summed E-state index contributed by atoms with van der Waals surface area (Å²) in [5.41, 5.74) is 5.62. The molecular weight excluding hydrogens is 282 g/mol. The monoisotopic (exact) mass is 303 g/mol. The molecule has 0 aromatic rings. The molecule has 3 N–H and O–H groups in total. The normalized spacial score (nSPS) is 26.8. The van der Waals surface area contributed by atoms with Crippen LogP contribution in [-0.4, -0.2) is 60.8 Å². The minimum atomic E-state index is -0.579. The summed E-state index contributed by atoms with van der Waals surface area (Å²) in [6, 6.07) is 0. The summed E-state index contributed by atoms with van der Waals surface area (Å²) in [5.74, 6) is -0.126. The number of morpholine rings is 1.